The molecule has 0 amide bonds. The fourth-order valence-corrected chi connectivity index (χ4v) is 7.47. The Hall–Kier alpha value is -7.39. The molecule has 0 spiro atoms. The molecular weight excluding hydrogens is 611 g/mol. The summed E-state index contributed by atoms with van der Waals surface area (Å²) in [6.07, 6.45) is 0. The van der Waals surface area contributed by atoms with Gasteiger partial charge in [0.25, 0.3) is 0 Å². The topological polar surface area (TPSA) is 81.2 Å². The van der Waals surface area contributed by atoms with E-state index in [1.54, 1.807) is 0 Å². The van der Waals surface area contributed by atoms with Crippen LogP contribution >= 0.6 is 0 Å². The molecule has 50 heavy (non-hydrogen) atoms. The Morgan fingerprint density at radius 2 is 0.940 bits per heavy atom. The molecule has 0 atom stereocenters. The van der Waals surface area contributed by atoms with E-state index >= 15 is 0 Å². The SMILES string of the molecule is N#Cc1ccc2c(c1)c1cc(C#N)ccc1n2-c1ccccc1-c1c(C#N)cccc1-c1ccc(-n2c3ccccc3c3ccccc32)cc1. The highest BCUT2D eigenvalue weighted by molar-refractivity contribution is 6.11. The van der Waals surface area contributed by atoms with Crippen molar-refractivity contribution in [2.24, 2.45) is 0 Å². The highest BCUT2D eigenvalue weighted by Gasteiger charge is 2.21. The van der Waals surface area contributed by atoms with Crippen LogP contribution in [0.5, 0.6) is 0 Å². The van der Waals surface area contributed by atoms with Crippen molar-refractivity contribution in [2.75, 3.05) is 0 Å². The van der Waals surface area contributed by atoms with E-state index in [4.69, 9.17) is 0 Å². The van der Waals surface area contributed by atoms with Crippen LogP contribution in [0.2, 0.25) is 0 Å². The van der Waals surface area contributed by atoms with Crippen LogP contribution in [-0.2, 0) is 0 Å². The number of aromatic nitrogens is 2. The molecule has 0 radical (unpaired) electrons. The van der Waals surface area contributed by atoms with Gasteiger partial charge in [-0.2, -0.15) is 15.8 Å². The maximum atomic E-state index is 10.5. The average molecular weight is 636 g/mol. The molecule has 0 aliphatic heterocycles. The first-order valence-electron chi connectivity index (χ1n) is 16.3. The molecule has 5 heteroatoms. The molecule has 9 rings (SSSR count). The van der Waals surface area contributed by atoms with Gasteiger partial charge in [0.05, 0.1) is 62.7 Å². The van der Waals surface area contributed by atoms with E-state index < -0.39 is 0 Å². The Labute approximate surface area is 287 Å². The summed E-state index contributed by atoms with van der Waals surface area (Å²) in [7, 11) is 0. The van der Waals surface area contributed by atoms with Crippen LogP contribution in [0, 0.1) is 34.0 Å². The summed E-state index contributed by atoms with van der Waals surface area (Å²) in [6.45, 7) is 0. The number of hydrogen-bond acceptors (Lipinski definition) is 3. The summed E-state index contributed by atoms with van der Waals surface area (Å²) in [5.74, 6) is 0. The van der Waals surface area contributed by atoms with Crippen LogP contribution in [-0.4, -0.2) is 9.13 Å². The predicted octanol–water partition coefficient (Wildman–Crippen LogP) is 10.8. The van der Waals surface area contributed by atoms with Gasteiger partial charge >= 0.3 is 0 Å². The van der Waals surface area contributed by atoms with E-state index in [0.29, 0.717) is 16.7 Å². The molecule has 9 aromatic rings. The van der Waals surface area contributed by atoms with Crippen molar-refractivity contribution in [3.8, 4) is 51.8 Å². The van der Waals surface area contributed by atoms with Crippen LogP contribution in [0.3, 0.4) is 0 Å². The van der Waals surface area contributed by atoms with Gasteiger partial charge in [-0.1, -0.05) is 78.9 Å². The van der Waals surface area contributed by atoms with Crippen molar-refractivity contribution in [1.82, 2.24) is 9.13 Å². The molecule has 0 fully saturated rings. The Morgan fingerprint density at radius 3 is 1.54 bits per heavy atom. The lowest BCUT2D eigenvalue weighted by Crippen LogP contribution is -2.00. The summed E-state index contributed by atoms with van der Waals surface area (Å²) in [5.41, 5.74) is 11.4. The first-order valence-corrected chi connectivity index (χ1v) is 16.3. The smallest absolute Gasteiger partial charge is 0.0998 e. The van der Waals surface area contributed by atoms with E-state index in [1.807, 2.05) is 60.7 Å². The molecule has 0 saturated carbocycles. The molecule has 0 aliphatic carbocycles. The number of para-hydroxylation sites is 3. The molecule has 7 aromatic carbocycles. The molecule has 2 heterocycles. The highest BCUT2D eigenvalue weighted by Crippen LogP contribution is 2.42. The maximum absolute atomic E-state index is 10.5. The largest absolute Gasteiger partial charge is 0.309 e. The van der Waals surface area contributed by atoms with Gasteiger partial charge < -0.3 is 9.13 Å². The minimum absolute atomic E-state index is 0.550. The summed E-state index contributed by atoms with van der Waals surface area (Å²) >= 11 is 0. The predicted molar refractivity (Wildman–Crippen MR) is 200 cm³/mol. The van der Waals surface area contributed by atoms with Crippen LogP contribution < -0.4 is 0 Å². The van der Waals surface area contributed by atoms with Crippen LogP contribution in [0.15, 0.2) is 152 Å². The lowest BCUT2D eigenvalue weighted by Gasteiger charge is -2.18. The number of fused-ring (bicyclic) bond motifs is 6. The van der Waals surface area contributed by atoms with E-state index in [0.717, 1.165) is 66.5 Å². The number of benzene rings is 7. The number of rotatable bonds is 4. The third-order valence-electron chi connectivity index (χ3n) is 9.64. The Bertz CT molecular complexity index is 2830. The zero-order chi connectivity index (χ0) is 33.8. The van der Waals surface area contributed by atoms with Gasteiger partial charge in [-0.15, -0.1) is 0 Å². The summed E-state index contributed by atoms with van der Waals surface area (Å²) < 4.78 is 4.47. The minimum atomic E-state index is 0.550. The van der Waals surface area contributed by atoms with Crippen molar-refractivity contribution in [2.45, 2.75) is 0 Å². The lowest BCUT2D eigenvalue weighted by atomic mass is 9.89. The molecule has 2 aromatic heterocycles. The zero-order valence-electron chi connectivity index (χ0n) is 26.7. The molecular formula is C45H25N5. The first kappa shape index (κ1) is 28.8. The lowest BCUT2D eigenvalue weighted by molar-refractivity contribution is 1.18. The highest BCUT2D eigenvalue weighted by atomic mass is 15.0. The Balaban J connectivity index is 1.25. The van der Waals surface area contributed by atoms with Crippen molar-refractivity contribution < 1.29 is 0 Å². The van der Waals surface area contributed by atoms with E-state index in [-0.39, 0.29) is 0 Å². The van der Waals surface area contributed by atoms with Gasteiger partial charge in [-0.3, -0.25) is 0 Å². The van der Waals surface area contributed by atoms with Gasteiger partial charge in [0.1, 0.15) is 0 Å². The maximum Gasteiger partial charge on any atom is 0.0998 e. The van der Waals surface area contributed by atoms with Gasteiger partial charge in [0.2, 0.25) is 0 Å². The van der Waals surface area contributed by atoms with E-state index in [1.165, 1.54) is 10.8 Å². The minimum Gasteiger partial charge on any atom is -0.309 e. The third-order valence-corrected chi connectivity index (χ3v) is 9.64. The molecule has 5 nitrogen and oxygen atoms in total. The standard InChI is InChI=1S/C45H25N5/c46-26-29-16-22-43-38(24-29)39-25-30(27-47)17-23-44(39)50(43)42-15-6-3-11-37(42)45-32(28-48)8-7-12-34(45)31-18-20-33(21-19-31)49-40-13-4-1-9-35(40)36-10-2-5-14-41(36)49/h1-25H. The molecule has 0 aliphatic rings. The van der Waals surface area contributed by atoms with Gasteiger partial charge in [0, 0.05) is 38.4 Å². The number of nitrogens with zero attached hydrogens (tertiary/aromatic N) is 5. The van der Waals surface area contributed by atoms with Crippen molar-refractivity contribution >= 4 is 43.6 Å². The van der Waals surface area contributed by atoms with E-state index in [2.05, 4.69) is 118 Å². The monoisotopic (exact) mass is 635 g/mol. The van der Waals surface area contributed by atoms with Crippen LogP contribution in [0.25, 0.3) is 77.2 Å². The molecule has 0 N–H and O–H groups in total. The third kappa shape index (κ3) is 4.31. The second-order valence-corrected chi connectivity index (χ2v) is 12.3. The fraction of sp³-hybridized carbons (Fsp3) is 0. The second kappa shape index (κ2) is 11.4. The fourth-order valence-electron chi connectivity index (χ4n) is 7.47. The average Bonchev–Trinajstić information content (AvgIpc) is 3.69. The van der Waals surface area contributed by atoms with Crippen molar-refractivity contribution in [3.05, 3.63) is 168 Å². The molecule has 0 unspecified atom stereocenters. The number of hydrogen-bond donors (Lipinski definition) is 0. The summed E-state index contributed by atoms with van der Waals surface area (Å²) in [4.78, 5) is 0. The number of nitriles is 3. The summed E-state index contributed by atoms with van der Waals surface area (Å²) in [5, 5.41) is 34.1. The van der Waals surface area contributed by atoms with E-state index in [9.17, 15) is 15.8 Å². The van der Waals surface area contributed by atoms with Crippen LogP contribution in [0.1, 0.15) is 16.7 Å². The first-order chi connectivity index (χ1) is 24.7. The molecule has 0 bridgehead atoms. The second-order valence-electron chi connectivity index (χ2n) is 12.3. The Morgan fingerprint density at radius 1 is 0.400 bits per heavy atom. The van der Waals surface area contributed by atoms with Crippen LogP contribution in [0.4, 0.5) is 0 Å². The van der Waals surface area contributed by atoms with Crippen molar-refractivity contribution in [1.29, 1.82) is 15.8 Å². The molecule has 0 saturated heterocycles. The molecule has 230 valence electrons. The normalized spacial score (nSPS) is 11.1. The van der Waals surface area contributed by atoms with Gasteiger partial charge in [-0.25, -0.2) is 0 Å². The van der Waals surface area contributed by atoms with Gasteiger partial charge in [-0.05, 0) is 83.9 Å². The Kier molecular flexibility index (Phi) is 6.56. The van der Waals surface area contributed by atoms with Gasteiger partial charge in [0.15, 0.2) is 0 Å². The quantitative estimate of drug-likeness (QED) is 0.193. The van der Waals surface area contributed by atoms with Crippen molar-refractivity contribution in [3.63, 3.8) is 0 Å². The summed E-state index contributed by atoms with van der Waals surface area (Å²) in [6, 6.07) is 57.8. The zero-order valence-corrected chi connectivity index (χ0v) is 26.7.